The third kappa shape index (κ3) is 4.62. The monoisotopic (exact) mass is 382 g/mol. The molecule has 1 aromatic heterocycles. The topological polar surface area (TPSA) is 92.4 Å². The molecule has 0 saturated heterocycles. The standard InChI is InChI=1S/C21H19FN2O4/c1-13-19(24-21(28-13)16-9-5-6-10-17(16)22)20(27)23-15(12-18(25)26)11-14-7-3-2-4-8-14/h2-10,15H,11-12H2,1H3,(H,23,27)(H,25,26)/t15-/m1/s1. The van der Waals surface area contributed by atoms with Crippen molar-refractivity contribution in [3.63, 3.8) is 0 Å². The van der Waals surface area contributed by atoms with Crippen molar-refractivity contribution < 1.29 is 23.5 Å². The predicted molar refractivity (Wildman–Crippen MR) is 100 cm³/mol. The first-order chi connectivity index (χ1) is 13.4. The molecule has 0 bridgehead atoms. The molecule has 0 aliphatic heterocycles. The zero-order chi connectivity index (χ0) is 20.1. The molecule has 2 N–H and O–H groups in total. The number of oxazole rings is 1. The Bertz CT molecular complexity index is 985. The number of carbonyl (C=O) groups excluding carboxylic acids is 1. The fraction of sp³-hybridized carbons (Fsp3) is 0.190. The highest BCUT2D eigenvalue weighted by molar-refractivity contribution is 5.94. The van der Waals surface area contributed by atoms with Crippen LogP contribution in [0.3, 0.4) is 0 Å². The maximum absolute atomic E-state index is 13.9. The smallest absolute Gasteiger partial charge is 0.305 e. The molecule has 0 saturated carbocycles. The Kier molecular flexibility index (Phi) is 5.84. The minimum absolute atomic E-state index is 0.00130. The van der Waals surface area contributed by atoms with Crippen LogP contribution in [0.15, 0.2) is 59.0 Å². The Morgan fingerprint density at radius 3 is 2.50 bits per heavy atom. The second-order valence-electron chi connectivity index (χ2n) is 6.36. The van der Waals surface area contributed by atoms with Crippen LogP contribution >= 0.6 is 0 Å². The number of hydrogen-bond donors (Lipinski definition) is 2. The van der Waals surface area contributed by atoms with Gasteiger partial charge in [-0.2, -0.15) is 0 Å². The summed E-state index contributed by atoms with van der Waals surface area (Å²) in [6.45, 7) is 1.55. The van der Waals surface area contributed by atoms with Crippen LogP contribution in [0, 0.1) is 12.7 Å². The summed E-state index contributed by atoms with van der Waals surface area (Å²) in [7, 11) is 0. The summed E-state index contributed by atoms with van der Waals surface area (Å²) < 4.78 is 19.4. The van der Waals surface area contributed by atoms with Gasteiger partial charge in [-0.25, -0.2) is 9.37 Å². The predicted octanol–water partition coefficient (Wildman–Crippen LogP) is 3.60. The number of nitrogens with one attached hydrogen (secondary N) is 1. The van der Waals surface area contributed by atoms with E-state index in [4.69, 9.17) is 9.52 Å². The summed E-state index contributed by atoms with van der Waals surface area (Å²) in [5.41, 5.74) is 1.05. The molecule has 0 unspecified atom stereocenters. The lowest BCUT2D eigenvalue weighted by Gasteiger charge is -2.16. The van der Waals surface area contributed by atoms with E-state index in [1.807, 2.05) is 30.3 Å². The van der Waals surface area contributed by atoms with E-state index < -0.39 is 23.7 Å². The average Bonchev–Trinajstić information content (AvgIpc) is 3.04. The zero-order valence-corrected chi connectivity index (χ0v) is 15.2. The number of nitrogens with zero attached hydrogens (tertiary/aromatic N) is 1. The van der Waals surface area contributed by atoms with E-state index in [0.29, 0.717) is 6.42 Å². The summed E-state index contributed by atoms with van der Waals surface area (Å²) >= 11 is 0. The summed E-state index contributed by atoms with van der Waals surface area (Å²) in [4.78, 5) is 28.0. The van der Waals surface area contributed by atoms with Crippen molar-refractivity contribution in [2.24, 2.45) is 0 Å². The Balaban J connectivity index is 1.80. The number of carboxylic acids is 1. The summed E-state index contributed by atoms with van der Waals surface area (Å²) in [5.74, 6) is -1.87. The van der Waals surface area contributed by atoms with E-state index in [9.17, 15) is 14.0 Å². The molecule has 1 atom stereocenters. The molecule has 0 radical (unpaired) electrons. The van der Waals surface area contributed by atoms with Crippen molar-refractivity contribution in [3.05, 3.63) is 77.4 Å². The molecule has 3 aromatic rings. The molecule has 0 fully saturated rings. The Morgan fingerprint density at radius 2 is 1.82 bits per heavy atom. The molecule has 0 aliphatic rings. The molecule has 0 spiro atoms. The maximum Gasteiger partial charge on any atom is 0.305 e. The molecule has 144 valence electrons. The van der Waals surface area contributed by atoms with Crippen molar-refractivity contribution >= 4 is 11.9 Å². The van der Waals surface area contributed by atoms with Crippen LogP contribution in [0.25, 0.3) is 11.5 Å². The first-order valence-electron chi connectivity index (χ1n) is 8.73. The Labute approximate surface area is 161 Å². The van der Waals surface area contributed by atoms with Crippen LogP contribution < -0.4 is 5.32 Å². The van der Waals surface area contributed by atoms with Crippen molar-refractivity contribution in [1.82, 2.24) is 10.3 Å². The second-order valence-corrected chi connectivity index (χ2v) is 6.36. The number of aliphatic carboxylic acids is 1. The lowest BCUT2D eigenvalue weighted by atomic mass is 10.0. The molecule has 28 heavy (non-hydrogen) atoms. The van der Waals surface area contributed by atoms with Crippen molar-refractivity contribution in [1.29, 1.82) is 0 Å². The van der Waals surface area contributed by atoms with Crippen molar-refractivity contribution in [2.75, 3.05) is 0 Å². The quantitative estimate of drug-likeness (QED) is 0.651. The van der Waals surface area contributed by atoms with Crippen molar-refractivity contribution in [2.45, 2.75) is 25.8 Å². The zero-order valence-electron chi connectivity index (χ0n) is 15.2. The first kappa shape index (κ1) is 19.3. The van der Waals surface area contributed by atoms with Gasteiger partial charge in [0.25, 0.3) is 5.91 Å². The van der Waals surface area contributed by atoms with Crippen LogP contribution in [-0.2, 0) is 11.2 Å². The molecular weight excluding hydrogens is 363 g/mol. The minimum Gasteiger partial charge on any atom is -0.481 e. The lowest BCUT2D eigenvalue weighted by Crippen LogP contribution is -2.38. The fourth-order valence-corrected chi connectivity index (χ4v) is 2.89. The van der Waals surface area contributed by atoms with Gasteiger partial charge in [0.1, 0.15) is 11.6 Å². The summed E-state index contributed by atoms with van der Waals surface area (Å²) in [5, 5.41) is 11.9. The SMILES string of the molecule is Cc1oc(-c2ccccc2F)nc1C(=O)N[C@@H](CC(=O)O)Cc1ccccc1. The van der Waals surface area contributed by atoms with Crippen LogP contribution in [0.5, 0.6) is 0 Å². The molecule has 1 amide bonds. The van der Waals surface area contributed by atoms with Crippen LogP contribution in [0.2, 0.25) is 0 Å². The number of carboxylic acid groups (broad SMARTS) is 1. The Morgan fingerprint density at radius 1 is 1.14 bits per heavy atom. The van der Waals surface area contributed by atoms with E-state index in [-0.39, 0.29) is 29.3 Å². The van der Waals surface area contributed by atoms with Gasteiger partial charge in [0.15, 0.2) is 5.69 Å². The normalized spacial score (nSPS) is 11.8. The highest BCUT2D eigenvalue weighted by Crippen LogP contribution is 2.24. The van der Waals surface area contributed by atoms with E-state index in [1.165, 1.54) is 12.1 Å². The molecular formula is C21H19FN2O4. The number of aryl methyl sites for hydroxylation is 1. The van der Waals surface area contributed by atoms with Gasteiger partial charge in [0.05, 0.1) is 12.0 Å². The van der Waals surface area contributed by atoms with Crippen LogP contribution in [-0.4, -0.2) is 28.0 Å². The fourth-order valence-electron chi connectivity index (χ4n) is 2.89. The van der Waals surface area contributed by atoms with Gasteiger partial charge in [-0.15, -0.1) is 0 Å². The molecule has 0 aliphatic carbocycles. The Hall–Kier alpha value is -3.48. The largest absolute Gasteiger partial charge is 0.481 e. The van der Waals surface area contributed by atoms with Gasteiger partial charge in [0, 0.05) is 6.04 Å². The number of halogens is 1. The third-order valence-corrected chi connectivity index (χ3v) is 4.20. The van der Waals surface area contributed by atoms with Gasteiger partial charge in [-0.1, -0.05) is 42.5 Å². The average molecular weight is 382 g/mol. The number of hydrogen-bond acceptors (Lipinski definition) is 4. The number of aromatic nitrogens is 1. The molecule has 3 rings (SSSR count). The number of carbonyl (C=O) groups is 2. The number of benzene rings is 2. The lowest BCUT2D eigenvalue weighted by molar-refractivity contribution is -0.137. The third-order valence-electron chi connectivity index (χ3n) is 4.20. The number of amides is 1. The highest BCUT2D eigenvalue weighted by atomic mass is 19.1. The summed E-state index contributed by atoms with van der Waals surface area (Å²) in [6, 6.07) is 14.6. The van der Waals surface area contributed by atoms with E-state index in [2.05, 4.69) is 10.3 Å². The van der Waals surface area contributed by atoms with E-state index in [0.717, 1.165) is 5.56 Å². The van der Waals surface area contributed by atoms with E-state index >= 15 is 0 Å². The van der Waals surface area contributed by atoms with Gasteiger partial charge in [0.2, 0.25) is 5.89 Å². The van der Waals surface area contributed by atoms with Gasteiger partial charge >= 0.3 is 5.97 Å². The van der Waals surface area contributed by atoms with Crippen LogP contribution in [0.1, 0.15) is 28.2 Å². The van der Waals surface area contributed by atoms with Crippen LogP contribution in [0.4, 0.5) is 4.39 Å². The second kappa shape index (κ2) is 8.47. The van der Waals surface area contributed by atoms with Gasteiger partial charge in [-0.3, -0.25) is 9.59 Å². The van der Waals surface area contributed by atoms with Gasteiger partial charge < -0.3 is 14.8 Å². The van der Waals surface area contributed by atoms with Gasteiger partial charge in [-0.05, 0) is 31.0 Å². The first-order valence-corrected chi connectivity index (χ1v) is 8.73. The highest BCUT2D eigenvalue weighted by Gasteiger charge is 2.23. The van der Waals surface area contributed by atoms with E-state index in [1.54, 1.807) is 19.1 Å². The minimum atomic E-state index is -1.02. The van der Waals surface area contributed by atoms with Crippen molar-refractivity contribution in [3.8, 4) is 11.5 Å². The molecule has 7 heteroatoms. The maximum atomic E-state index is 13.9. The molecule has 1 heterocycles. The molecule has 2 aromatic carbocycles. The summed E-state index contributed by atoms with van der Waals surface area (Å²) in [6.07, 6.45) is 0.119. The molecule has 6 nitrogen and oxygen atoms in total. The number of rotatable bonds is 7.